The smallest absolute Gasteiger partial charge is 0.287 e. The predicted molar refractivity (Wildman–Crippen MR) is 59.5 cm³/mol. The number of hydrogen-bond donors (Lipinski definition) is 2. The molecule has 0 radical (unpaired) electrons. The van der Waals surface area contributed by atoms with Crippen LogP contribution in [-0.2, 0) is 6.54 Å². The highest BCUT2D eigenvalue weighted by atomic mass is 35.5. The highest BCUT2D eigenvalue weighted by Gasteiger charge is 2.18. The van der Waals surface area contributed by atoms with Gasteiger partial charge in [-0.15, -0.1) is 0 Å². The van der Waals surface area contributed by atoms with Gasteiger partial charge in [0.1, 0.15) is 5.02 Å². The van der Waals surface area contributed by atoms with E-state index in [2.05, 4.69) is 15.7 Å². The quantitative estimate of drug-likeness (QED) is 0.782. The Morgan fingerprint density at radius 1 is 1.73 bits per heavy atom. The van der Waals surface area contributed by atoms with Crippen molar-refractivity contribution < 1.29 is 0 Å². The van der Waals surface area contributed by atoms with Gasteiger partial charge < -0.3 is 10.6 Å². The summed E-state index contributed by atoms with van der Waals surface area (Å²) in [4.78, 5) is 11.6. The SMILES string of the molecule is CCn1ncc(NC2CNC2)c(Cl)c1=O. The Morgan fingerprint density at radius 2 is 2.47 bits per heavy atom. The van der Waals surface area contributed by atoms with Crippen molar-refractivity contribution in [1.29, 1.82) is 0 Å². The molecule has 1 fully saturated rings. The van der Waals surface area contributed by atoms with Crippen molar-refractivity contribution in [1.82, 2.24) is 15.1 Å². The van der Waals surface area contributed by atoms with E-state index < -0.39 is 0 Å². The minimum atomic E-state index is -0.239. The van der Waals surface area contributed by atoms with Crippen LogP contribution in [0.2, 0.25) is 5.02 Å². The molecular formula is C9H13ClN4O. The summed E-state index contributed by atoms with van der Waals surface area (Å²) in [6, 6.07) is 0.348. The van der Waals surface area contributed by atoms with E-state index in [-0.39, 0.29) is 10.6 Å². The van der Waals surface area contributed by atoms with Crippen molar-refractivity contribution in [2.24, 2.45) is 0 Å². The highest BCUT2D eigenvalue weighted by Crippen LogP contribution is 2.17. The molecule has 0 unspecified atom stereocenters. The Hall–Kier alpha value is -1.07. The van der Waals surface area contributed by atoms with E-state index in [0.29, 0.717) is 18.3 Å². The van der Waals surface area contributed by atoms with Gasteiger partial charge in [0.25, 0.3) is 5.56 Å². The topological polar surface area (TPSA) is 59.0 Å². The van der Waals surface area contributed by atoms with Gasteiger partial charge >= 0.3 is 0 Å². The van der Waals surface area contributed by atoms with E-state index in [9.17, 15) is 4.79 Å². The molecule has 1 saturated heterocycles. The second-order valence-electron chi connectivity index (χ2n) is 3.49. The maximum Gasteiger partial charge on any atom is 0.287 e. The molecule has 1 aliphatic heterocycles. The summed E-state index contributed by atoms with van der Waals surface area (Å²) in [6.07, 6.45) is 1.60. The molecule has 5 nitrogen and oxygen atoms in total. The fraction of sp³-hybridized carbons (Fsp3) is 0.556. The molecule has 1 aliphatic rings. The molecular weight excluding hydrogens is 216 g/mol. The summed E-state index contributed by atoms with van der Waals surface area (Å²) in [5.74, 6) is 0. The van der Waals surface area contributed by atoms with Crippen LogP contribution in [-0.4, -0.2) is 28.9 Å². The number of anilines is 1. The van der Waals surface area contributed by atoms with Gasteiger partial charge in [-0.2, -0.15) is 5.10 Å². The van der Waals surface area contributed by atoms with Gasteiger partial charge in [0.15, 0.2) is 0 Å². The van der Waals surface area contributed by atoms with Gasteiger partial charge in [-0.05, 0) is 6.92 Å². The third-order valence-electron chi connectivity index (χ3n) is 2.43. The van der Waals surface area contributed by atoms with E-state index in [0.717, 1.165) is 13.1 Å². The molecule has 2 heterocycles. The zero-order chi connectivity index (χ0) is 10.8. The molecule has 0 aromatic carbocycles. The molecule has 0 atom stereocenters. The third kappa shape index (κ3) is 1.98. The van der Waals surface area contributed by atoms with Gasteiger partial charge in [-0.25, -0.2) is 4.68 Å². The number of aryl methyl sites for hydroxylation is 1. The Labute approximate surface area is 92.4 Å². The molecule has 0 spiro atoms. The Morgan fingerprint density at radius 3 is 3.00 bits per heavy atom. The van der Waals surface area contributed by atoms with Crippen LogP contribution in [0.1, 0.15) is 6.92 Å². The predicted octanol–water partition coefficient (Wildman–Crippen LogP) is 0.300. The second-order valence-corrected chi connectivity index (χ2v) is 3.87. The molecule has 0 saturated carbocycles. The maximum absolute atomic E-state index is 11.6. The summed E-state index contributed by atoms with van der Waals surface area (Å²) in [5.41, 5.74) is 0.384. The number of nitrogens with one attached hydrogen (secondary N) is 2. The fourth-order valence-corrected chi connectivity index (χ4v) is 1.60. The number of nitrogens with zero attached hydrogens (tertiary/aromatic N) is 2. The van der Waals surface area contributed by atoms with Gasteiger partial charge in [-0.1, -0.05) is 11.6 Å². The zero-order valence-corrected chi connectivity index (χ0v) is 9.21. The van der Waals surface area contributed by atoms with Gasteiger partial charge in [0, 0.05) is 19.6 Å². The lowest BCUT2D eigenvalue weighted by Gasteiger charge is -2.29. The molecule has 1 aromatic rings. The van der Waals surface area contributed by atoms with Crippen LogP contribution in [0, 0.1) is 0 Å². The van der Waals surface area contributed by atoms with Crippen molar-refractivity contribution in [2.45, 2.75) is 19.5 Å². The normalized spacial score (nSPS) is 16.1. The van der Waals surface area contributed by atoms with Crippen LogP contribution in [0.5, 0.6) is 0 Å². The summed E-state index contributed by atoms with van der Waals surface area (Å²) < 4.78 is 1.34. The van der Waals surface area contributed by atoms with Crippen molar-refractivity contribution in [3.63, 3.8) is 0 Å². The van der Waals surface area contributed by atoms with Gasteiger partial charge in [0.05, 0.1) is 17.9 Å². The summed E-state index contributed by atoms with van der Waals surface area (Å²) >= 11 is 5.95. The van der Waals surface area contributed by atoms with Crippen LogP contribution in [0.3, 0.4) is 0 Å². The van der Waals surface area contributed by atoms with E-state index in [4.69, 9.17) is 11.6 Å². The van der Waals surface area contributed by atoms with Crippen LogP contribution in [0.25, 0.3) is 0 Å². The lowest BCUT2D eigenvalue weighted by atomic mass is 10.2. The largest absolute Gasteiger partial charge is 0.377 e. The number of hydrogen-bond acceptors (Lipinski definition) is 4. The van der Waals surface area contributed by atoms with E-state index in [1.807, 2.05) is 6.92 Å². The molecule has 1 aromatic heterocycles. The minimum absolute atomic E-state index is 0.221. The van der Waals surface area contributed by atoms with Crippen molar-refractivity contribution in [2.75, 3.05) is 18.4 Å². The van der Waals surface area contributed by atoms with Crippen LogP contribution in [0.15, 0.2) is 11.0 Å². The summed E-state index contributed by atoms with van der Waals surface area (Å²) in [6.45, 7) is 4.18. The van der Waals surface area contributed by atoms with Crippen LogP contribution < -0.4 is 16.2 Å². The summed E-state index contributed by atoms with van der Waals surface area (Å²) in [5, 5.41) is 10.5. The van der Waals surface area contributed by atoms with E-state index in [1.54, 1.807) is 6.20 Å². The number of halogens is 1. The monoisotopic (exact) mass is 228 g/mol. The second kappa shape index (κ2) is 4.20. The first kappa shape index (κ1) is 10.4. The third-order valence-corrected chi connectivity index (χ3v) is 2.79. The summed E-state index contributed by atoms with van der Waals surface area (Å²) in [7, 11) is 0. The van der Waals surface area contributed by atoms with Crippen molar-refractivity contribution >= 4 is 17.3 Å². The molecule has 15 heavy (non-hydrogen) atoms. The molecule has 2 N–H and O–H groups in total. The van der Waals surface area contributed by atoms with Gasteiger partial charge in [-0.3, -0.25) is 4.79 Å². The Bertz CT molecular complexity index is 413. The molecule has 2 rings (SSSR count). The van der Waals surface area contributed by atoms with Crippen LogP contribution in [0.4, 0.5) is 5.69 Å². The van der Waals surface area contributed by atoms with Gasteiger partial charge in [0.2, 0.25) is 0 Å². The Balaban J connectivity index is 2.24. The first-order valence-electron chi connectivity index (χ1n) is 4.95. The average molecular weight is 229 g/mol. The maximum atomic E-state index is 11.6. The fourth-order valence-electron chi connectivity index (χ4n) is 1.40. The Kier molecular flexibility index (Phi) is 2.93. The highest BCUT2D eigenvalue weighted by molar-refractivity contribution is 6.32. The van der Waals surface area contributed by atoms with Crippen LogP contribution >= 0.6 is 11.6 Å². The lowest BCUT2D eigenvalue weighted by Crippen LogP contribution is -2.51. The zero-order valence-electron chi connectivity index (χ0n) is 8.46. The van der Waals surface area contributed by atoms with E-state index in [1.165, 1.54) is 4.68 Å². The average Bonchev–Trinajstić information content (AvgIpc) is 2.18. The standard InChI is InChI=1S/C9H13ClN4O/c1-2-14-9(15)8(10)7(5-12-14)13-6-3-11-4-6/h5-6,11,13H,2-4H2,1H3. The molecule has 0 amide bonds. The van der Waals surface area contributed by atoms with Crippen molar-refractivity contribution in [3.8, 4) is 0 Å². The van der Waals surface area contributed by atoms with Crippen molar-refractivity contribution in [3.05, 3.63) is 21.6 Å². The number of aromatic nitrogens is 2. The first-order chi connectivity index (χ1) is 7.22. The molecule has 82 valence electrons. The molecule has 0 bridgehead atoms. The van der Waals surface area contributed by atoms with E-state index >= 15 is 0 Å². The first-order valence-corrected chi connectivity index (χ1v) is 5.33. The molecule has 6 heteroatoms. The lowest BCUT2D eigenvalue weighted by molar-refractivity contribution is 0.471. The number of rotatable bonds is 3. The molecule has 0 aliphatic carbocycles. The minimum Gasteiger partial charge on any atom is -0.377 e.